The van der Waals surface area contributed by atoms with Gasteiger partial charge in [0.2, 0.25) is 5.82 Å². The summed E-state index contributed by atoms with van der Waals surface area (Å²) in [5, 5.41) is 4.37. The molecule has 0 atom stereocenters. The zero-order chi connectivity index (χ0) is 17.1. The Bertz CT molecular complexity index is 704. The molecule has 1 saturated carbocycles. The molecule has 0 spiro atoms. The topological polar surface area (TPSA) is 51.0 Å². The monoisotopic (exact) mass is 330 g/mol. The van der Waals surface area contributed by atoms with E-state index < -0.39 is 0 Å². The second-order valence-electron chi connectivity index (χ2n) is 6.25. The van der Waals surface area contributed by atoms with Crippen molar-refractivity contribution >= 4 is 5.91 Å². The molecule has 128 valence electrons. The fourth-order valence-corrected chi connectivity index (χ4v) is 3.40. The molecule has 1 aliphatic rings. The van der Waals surface area contributed by atoms with E-state index in [0.29, 0.717) is 18.1 Å². The van der Waals surface area contributed by atoms with Gasteiger partial charge in [0.25, 0.3) is 5.91 Å². The van der Waals surface area contributed by atoms with Gasteiger partial charge in [0, 0.05) is 12.6 Å². The number of aryl methyl sites for hydroxylation is 1. The number of carbonyl (C=O) groups excluding carboxylic acids is 1. The minimum absolute atomic E-state index is 0.117. The summed E-state index contributed by atoms with van der Waals surface area (Å²) in [7, 11) is 0. The number of nitrogens with zero attached hydrogens (tertiary/aromatic N) is 4. The lowest BCUT2D eigenvalue weighted by atomic mass is 9.94. The normalized spacial score (nSPS) is 15.5. The first-order valence-electron chi connectivity index (χ1n) is 8.60. The van der Waals surface area contributed by atoms with Crippen LogP contribution in [0.4, 0.5) is 4.39 Å². The fraction of sp³-hybridized carbons (Fsp3) is 0.500. The maximum absolute atomic E-state index is 13.1. The zero-order valence-corrected chi connectivity index (χ0v) is 14.2. The molecule has 1 aromatic heterocycles. The molecular weight excluding hydrogens is 307 g/mol. The molecule has 5 nitrogen and oxygen atoms in total. The van der Waals surface area contributed by atoms with E-state index >= 15 is 0 Å². The Morgan fingerprint density at radius 1 is 1.25 bits per heavy atom. The Morgan fingerprint density at radius 3 is 2.54 bits per heavy atom. The molecule has 0 unspecified atom stereocenters. The number of aromatic nitrogens is 3. The van der Waals surface area contributed by atoms with Gasteiger partial charge in [-0.05, 0) is 51.0 Å². The van der Waals surface area contributed by atoms with Crippen LogP contribution in [0.1, 0.15) is 55.5 Å². The molecule has 0 radical (unpaired) electrons. The van der Waals surface area contributed by atoms with Crippen LogP contribution in [0.25, 0.3) is 5.69 Å². The summed E-state index contributed by atoms with van der Waals surface area (Å²) >= 11 is 0. The highest BCUT2D eigenvalue weighted by Crippen LogP contribution is 2.23. The fourth-order valence-electron chi connectivity index (χ4n) is 3.40. The molecule has 1 heterocycles. The van der Waals surface area contributed by atoms with Crippen molar-refractivity contribution < 1.29 is 9.18 Å². The molecule has 0 N–H and O–H groups in total. The van der Waals surface area contributed by atoms with Gasteiger partial charge < -0.3 is 4.90 Å². The van der Waals surface area contributed by atoms with Crippen LogP contribution in [0.3, 0.4) is 0 Å². The number of rotatable bonds is 4. The van der Waals surface area contributed by atoms with E-state index in [0.717, 1.165) is 12.8 Å². The lowest BCUT2D eigenvalue weighted by Gasteiger charge is -2.32. The minimum atomic E-state index is -0.303. The van der Waals surface area contributed by atoms with E-state index in [2.05, 4.69) is 10.1 Å². The van der Waals surface area contributed by atoms with Gasteiger partial charge in [-0.1, -0.05) is 19.3 Å². The van der Waals surface area contributed by atoms with Gasteiger partial charge in [-0.15, -0.1) is 5.10 Å². The predicted octanol–water partition coefficient (Wildman–Crippen LogP) is 3.51. The van der Waals surface area contributed by atoms with E-state index in [4.69, 9.17) is 0 Å². The lowest BCUT2D eigenvalue weighted by Crippen LogP contribution is -2.41. The van der Waals surface area contributed by atoms with Crippen LogP contribution >= 0.6 is 0 Å². The van der Waals surface area contributed by atoms with E-state index in [1.807, 2.05) is 11.8 Å². The summed E-state index contributed by atoms with van der Waals surface area (Å²) in [5.74, 6) is 0.407. The van der Waals surface area contributed by atoms with Crippen LogP contribution in [0.5, 0.6) is 0 Å². The summed E-state index contributed by atoms with van der Waals surface area (Å²) in [5.41, 5.74) is 0.696. The molecule has 6 heteroatoms. The Kier molecular flexibility index (Phi) is 4.92. The van der Waals surface area contributed by atoms with Crippen LogP contribution in [-0.4, -0.2) is 38.2 Å². The molecule has 2 aromatic rings. The molecule has 0 bridgehead atoms. The molecule has 0 aliphatic heterocycles. The van der Waals surface area contributed by atoms with Crippen molar-refractivity contribution in [3.8, 4) is 5.69 Å². The quantitative estimate of drug-likeness (QED) is 0.862. The molecule has 3 rings (SSSR count). The van der Waals surface area contributed by atoms with Crippen LogP contribution in [0.2, 0.25) is 0 Å². The maximum atomic E-state index is 13.1. The third-order valence-corrected chi connectivity index (χ3v) is 4.65. The minimum Gasteiger partial charge on any atom is -0.333 e. The number of halogens is 1. The molecule has 24 heavy (non-hydrogen) atoms. The van der Waals surface area contributed by atoms with Crippen molar-refractivity contribution in [1.29, 1.82) is 0 Å². The van der Waals surface area contributed by atoms with Crippen molar-refractivity contribution in [2.75, 3.05) is 6.54 Å². The predicted molar refractivity (Wildman–Crippen MR) is 89.6 cm³/mol. The summed E-state index contributed by atoms with van der Waals surface area (Å²) in [6, 6.07) is 6.29. The van der Waals surface area contributed by atoms with E-state index in [9.17, 15) is 9.18 Å². The summed E-state index contributed by atoms with van der Waals surface area (Å²) in [6.07, 6.45) is 5.70. The first-order chi connectivity index (χ1) is 11.6. The van der Waals surface area contributed by atoms with Gasteiger partial charge in [0.15, 0.2) is 0 Å². The first-order valence-corrected chi connectivity index (χ1v) is 8.60. The van der Waals surface area contributed by atoms with Gasteiger partial charge in [-0.3, -0.25) is 4.79 Å². The molecule has 1 aliphatic carbocycles. The van der Waals surface area contributed by atoms with Gasteiger partial charge >= 0.3 is 0 Å². The number of carbonyl (C=O) groups is 1. The van der Waals surface area contributed by atoms with Crippen LogP contribution in [-0.2, 0) is 0 Å². The maximum Gasteiger partial charge on any atom is 0.293 e. The van der Waals surface area contributed by atoms with Crippen molar-refractivity contribution in [2.45, 2.75) is 52.0 Å². The molecule has 1 fully saturated rings. The molecule has 1 amide bonds. The summed E-state index contributed by atoms with van der Waals surface area (Å²) in [6.45, 7) is 4.45. The number of hydrogen-bond acceptors (Lipinski definition) is 3. The highest BCUT2D eigenvalue weighted by atomic mass is 19.1. The van der Waals surface area contributed by atoms with Crippen LogP contribution in [0, 0.1) is 12.7 Å². The molecule has 0 saturated heterocycles. The van der Waals surface area contributed by atoms with Gasteiger partial charge in [0.1, 0.15) is 11.6 Å². The summed E-state index contributed by atoms with van der Waals surface area (Å²) < 4.78 is 14.7. The highest BCUT2D eigenvalue weighted by molar-refractivity contribution is 5.90. The van der Waals surface area contributed by atoms with Crippen molar-refractivity contribution in [3.63, 3.8) is 0 Å². The number of benzene rings is 1. The Labute approximate surface area is 141 Å². The smallest absolute Gasteiger partial charge is 0.293 e. The Morgan fingerprint density at radius 2 is 1.92 bits per heavy atom. The average Bonchev–Trinajstić information content (AvgIpc) is 2.99. The van der Waals surface area contributed by atoms with Crippen molar-refractivity contribution in [1.82, 2.24) is 19.7 Å². The second kappa shape index (κ2) is 7.11. The van der Waals surface area contributed by atoms with E-state index in [1.54, 1.807) is 23.7 Å². The van der Waals surface area contributed by atoms with Crippen molar-refractivity contribution in [2.24, 2.45) is 0 Å². The van der Waals surface area contributed by atoms with E-state index in [1.165, 1.54) is 31.4 Å². The van der Waals surface area contributed by atoms with E-state index in [-0.39, 0.29) is 23.6 Å². The number of hydrogen-bond donors (Lipinski definition) is 0. The largest absolute Gasteiger partial charge is 0.333 e. The third kappa shape index (κ3) is 3.32. The standard InChI is InChI=1S/C18H23FN4O/c1-3-22(15-7-5-4-6-8-15)18(24)17-20-13(2)23(21-17)16-11-9-14(19)10-12-16/h9-12,15H,3-8H2,1-2H3. The van der Waals surface area contributed by atoms with Gasteiger partial charge in [-0.25, -0.2) is 14.1 Å². The molecular formula is C18H23FN4O. The zero-order valence-electron chi connectivity index (χ0n) is 14.2. The average molecular weight is 330 g/mol. The summed E-state index contributed by atoms with van der Waals surface area (Å²) in [4.78, 5) is 19.1. The van der Waals surface area contributed by atoms with Crippen LogP contribution < -0.4 is 0 Å². The molecule has 1 aromatic carbocycles. The Hall–Kier alpha value is -2.24. The first kappa shape index (κ1) is 16.6. The van der Waals surface area contributed by atoms with Gasteiger partial charge in [0.05, 0.1) is 5.69 Å². The lowest BCUT2D eigenvalue weighted by molar-refractivity contribution is 0.0635. The highest BCUT2D eigenvalue weighted by Gasteiger charge is 2.28. The third-order valence-electron chi connectivity index (χ3n) is 4.65. The SMILES string of the molecule is CCN(C(=O)c1nc(C)n(-c2ccc(F)cc2)n1)C1CCCCC1. The van der Waals surface area contributed by atoms with Crippen LogP contribution in [0.15, 0.2) is 24.3 Å². The van der Waals surface area contributed by atoms with Crippen molar-refractivity contribution in [3.05, 3.63) is 41.7 Å². The second-order valence-corrected chi connectivity index (χ2v) is 6.25. The Balaban J connectivity index is 1.84. The number of amides is 1. The van der Waals surface area contributed by atoms with Gasteiger partial charge in [-0.2, -0.15) is 0 Å².